The first-order chi connectivity index (χ1) is 3.82. The number of nitrogens with zero attached hydrogens (tertiary/aromatic N) is 1. The van der Waals surface area contributed by atoms with Crippen LogP contribution in [0.2, 0.25) is 0 Å². The van der Waals surface area contributed by atoms with Crippen LogP contribution in [-0.2, 0) is 0 Å². The fourth-order valence-electron chi connectivity index (χ4n) is 2.26. The van der Waals surface area contributed by atoms with Gasteiger partial charge < -0.3 is 0 Å². The Bertz CT molecular complexity index is 184. The van der Waals surface area contributed by atoms with Crippen molar-refractivity contribution in [2.75, 3.05) is 7.05 Å². The van der Waals surface area contributed by atoms with Crippen LogP contribution in [0.3, 0.4) is 0 Å². The van der Waals surface area contributed by atoms with Gasteiger partial charge in [-0.1, -0.05) is 6.92 Å². The van der Waals surface area contributed by atoms with Crippen LogP contribution in [0, 0.1) is 5.92 Å². The Morgan fingerprint density at radius 2 is 1.75 bits per heavy atom. The SMILES string of the molecule is CC1C2=C1[C@@H]1C2N1C. The number of likely N-dealkylation sites (tertiary alicyclic amines) is 1. The quantitative estimate of drug-likeness (QED) is 0.324. The molecule has 0 amide bonds. The summed E-state index contributed by atoms with van der Waals surface area (Å²) in [5.41, 5.74) is 3.55. The van der Waals surface area contributed by atoms with E-state index in [0.717, 1.165) is 18.0 Å². The first kappa shape index (κ1) is 3.67. The van der Waals surface area contributed by atoms with Gasteiger partial charge in [0.25, 0.3) is 0 Å². The molecule has 42 valence electrons. The Hall–Kier alpha value is -0.300. The van der Waals surface area contributed by atoms with E-state index in [-0.39, 0.29) is 0 Å². The first-order valence-electron chi connectivity index (χ1n) is 3.28. The highest BCUT2D eigenvalue weighted by Crippen LogP contribution is 2.66. The van der Waals surface area contributed by atoms with Gasteiger partial charge in [0, 0.05) is 5.92 Å². The van der Waals surface area contributed by atoms with Crippen LogP contribution in [0.15, 0.2) is 11.1 Å². The number of hydrogen-bond acceptors (Lipinski definition) is 1. The summed E-state index contributed by atoms with van der Waals surface area (Å²) in [5, 5.41) is 0. The Labute approximate surface area is 49.0 Å². The van der Waals surface area contributed by atoms with Crippen LogP contribution >= 0.6 is 0 Å². The van der Waals surface area contributed by atoms with Crippen molar-refractivity contribution in [1.82, 2.24) is 4.90 Å². The van der Waals surface area contributed by atoms with E-state index in [1.165, 1.54) is 0 Å². The normalized spacial score (nSPS) is 63.8. The molecular weight excluding hydrogens is 98.1 g/mol. The average molecular weight is 107 g/mol. The molecule has 3 rings (SSSR count). The summed E-state index contributed by atoms with van der Waals surface area (Å²) < 4.78 is 0. The zero-order valence-corrected chi connectivity index (χ0v) is 5.18. The second kappa shape index (κ2) is 0.695. The Balaban J connectivity index is 1.98. The van der Waals surface area contributed by atoms with Gasteiger partial charge in [-0.25, -0.2) is 0 Å². The maximum atomic E-state index is 2.45. The zero-order chi connectivity index (χ0) is 5.46. The van der Waals surface area contributed by atoms with Gasteiger partial charge in [0.2, 0.25) is 0 Å². The monoisotopic (exact) mass is 107 g/mol. The summed E-state index contributed by atoms with van der Waals surface area (Å²) >= 11 is 0. The van der Waals surface area contributed by atoms with Crippen molar-refractivity contribution in [2.45, 2.75) is 19.0 Å². The van der Waals surface area contributed by atoms with Gasteiger partial charge in [-0.3, -0.25) is 4.90 Å². The number of piperidine rings is 1. The molecule has 2 aliphatic carbocycles. The van der Waals surface area contributed by atoms with Gasteiger partial charge in [-0.05, 0) is 18.2 Å². The van der Waals surface area contributed by atoms with E-state index in [4.69, 9.17) is 0 Å². The molecule has 0 N–H and O–H groups in total. The van der Waals surface area contributed by atoms with Crippen LogP contribution in [0.5, 0.6) is 0 Å². The van der Waals surface area contributed by atoms with E-state index in [2.05, 4.69) is 18.9 Å². The third kappa shape index (κ3) is 0.164. The highest BCUT2D eigenvalue weighted by Gasteiger charge is 2.69. The maximum absolute atomic E-state index is 2.45. The molecule has 0 aromatic rings. The molecule has 0 saturated carbocycles. The summed E-state index contributed by atoms with van der Waals surface area (Å²) in [6.45, 7) is 2.32. The topological polar surface area (TPSA) is 3.01 Å². The molecule has 0 radical (unpaired) electrons. The molecule has 1 heterocycles. The summed E-state index contributed by atoms with van der Waals surface area (Å²) in [6.07, 6.45) is 0. The van der Waals surface area contributed by atoms with Gasteiger partial charge in [-0.2, -0.15) is 0 Å². The van der Waals surface area contributed by atoms with E-state index in [1.807, 2.05) is 0 Å². The lowest BCUT2D eigenvalue weighted by Crippen LogP contribution is -1.93. The van der Waals surface area contributed by atoms with Gasteiger partial charge in [0.05, 0.1) is 12.1 Å². The largest absolute Gasteiger partial charge is 0.289 e. The van der Waals surface area contributed by atoms with Crippen LogP contribution in [0.25, 0.3) is 0 Å². The molecule has 1 nitrogen and oxygen atoms in total. The predicted molar refractivity (Wildman–Crippen MR) is 31.5 cm³/mol. The molecular formula is C7H9N. The maximum Gasteiger partial charge on any atom is 0.0515 e. The Kier molecular flexibility index (Phi) is 0.319. The van der Waals surface area contributed by atoms with Gasteiger partial charge in [0.1, 0.15) is 0 Å². The minimum atomic E-state index is 0.931. The smallest absolute Gasteiger partial charge is 0.0515 e. The fourth-order valence-corrected chi connectivity index (χ4v) is 2.26. The molecule has 1 fully saturated rings. The van der Waals surface area contributed by atoms with Gasteiger partial charge >= 0.3 is 0 Å². The Morgan fingerprint density at radius 3 is 2.12 bits per heavy atom. The average Bonchev–Trinajstić information content (AvgIpc) is 2.20. The van der Waals surface area contributed by atoms with Crippen molar-refractivity contribution in [2.24, 2.45) is 5.92 Å². The first-order valence-corrected chi connectivity index (χ1v) is 3.28. The molecule has 3 aliphatic rings. The summed E-state index contributed by atoms with van der Waals surface area (Å²) in [4.78, 5) is 2.45. The zero-order valence-electron chi connectivity index (χ0n) is 5.18. The number of likely N-dealkylation sites (N-methyl/N-ethyl adjacent to an activating group) is 1. The summed E-state index contributed by atoms with van der Waals surface area (Å²) in [5.74, 6) is 0.932. The van der Waals surface area contributed by atoms with Crippen molar-refractivity contribution in [3.8, 4) is 0 Å². The Morgan fingerprint density at radius 1 is 1.25 bits per heavy atom. The summed E-state index contributed by atoms with van der Waals surface area (Å²) in [6, 6.07) is 1.86. The van der Waals surface area contributed by atoms with Crippen molar-refractivity contribution < 1.29 is 0 Å². The van der Waals surface area contributed by atoms with Crippen molar-refractivity contribution in [3.05, 3.63) is 11.1 Å². The highest BCUT2D eigenvalue weighted by molar-refractivity contribution is 5.66. The lowest BCUT2D eigenvalue weighted by atomic mass is 10.1. The predicted octanol–water partition coefficient (Wildman–Crippen LogP) is 0.629. The van der Waals surface area contributed by atoms with E-state index < -0.39 is 0 Å². The van der Waals surface area contributed by atoms with Crippen molar-refractivity contribution in [1.29, 1.82) is 0 Å². The molecule has 1 aliphatic heterocycles. The third-order valence-electron chi connectivity index (χ3n) is 2.91. The highest BCUT2D eigenvalue weighted by atomic mass is 15.4. The second-order valence-corrected chi connectivity index (χ2v) is 3.19. The molecule has 0 aromatic heterocycles. The summed E-state index contributed by atoms with van der Waals surface area (Å²) in [7, 11) is 2.22. The van der Waals surface area contributed by atoms with Gasteiger partial charge in [-0.15, -0.1) is 0 Å². The number of hydrogen-bond donors (Lipinski definition) is 0. The van der Waals surface area contributed by atoms with E-state index in [9.17, 15) is 0 Å². The van der Waals surface area contributed by atoms with Crippen LogP contribution in [-0.4, -0.2) is 24.0 Å². The fraction of sp³-hybridized carbons (Fsp3) is 0.714. The molecule has 1 heteroatoms. The molecule has 0 spiro atoms. The van der Waals surface area contributed by atoms with Crippen LogP contribution < -0.4 is 0 Å². The lowest BCUT2D eigenvalue weighted by molar-refractivity contribution is 0.613. The van der Waals surface area contributed by atoms with Crippen molar-refractivity contribution in [3.63, 3.8) is 0 Å². The standard InChI is InChI=1S/C7H9N/c1-3-4-5(3)7-6(4)8(7)2/h3,6-7H,1-2H3/t3?,6-,7?,8?/m1/s1. The van der Waals surface area contributed by atoms with Crippen LogP contribution in [0.1, 0.15) is 6.92 Å². The second-order valence-electron chi connectivity index (χ2n) is 3.19. The molecule has 8 heavy (non-hydrogen) atoms. The lowest BCUT2D eigenvalue weighted by Gasteiger charge is -1.87. The molecule has 0 aromatic carbocycles. The number of fused-ring (bicyclic) bond motifs is 3. The van der Waals surface area contributed by atoms with E-state index >= 15 is 0 Å². The van der Waals surface area contributed by atoms with E-state index in [0.29, 0.717) is 0 Å². The van der Waals surface area contributed by atoms with Crippen LogP contribution in [0.4, 0.5) is 0 Å². The van der Waals surface area contributed by atoms with Crippen molar-refractivity contribution >= 4 is 0 Å². The molecule has 3 unspecified atom stereocenters. The minimum Gasteiger partial charge on any atom is -0.289 e. The molecule has 1 saturated heterocycles. The number of rotatable bonds is 0. The minimum absolute atomic E-state index is 0.931. The molecule has 0 bridgehead atoms. The van der Waals surface area contributed by atoms with Gasteiger partial charge in [0.15, 0.2) is 0 Å². The van der Waals surface area contributed by atoms with E-state index in [1.54, 1.807) is 11.1 Å². The third-order valence-corrected chi connectivity index (χ3v) is 2.91. The molecule has 4 atom stereocenters.